The third kappa shape index (κ3) is 3.45. The van der Waals surface area contributed by atoms with Gasteiger partial charge in [0.2, 0.25) is 0 Å². The van der Waals surface area contributed by atoms with Crippen molar-refractivity contribution >= 4 is 21.9 Å². The normalized spacial score (nSPS) is 16.4. The Balaban J connectivity index is 2.22. The standard InChI is InChI=1S/C15H19BrO4/c1-9(15(17)18)6-10-7-14(20-11-4-3-5-11)13(19-2)8-12(10)16/h7-9,11H,3-6H2,1-2H3,(H,17,18). The van der Waals surface area contributed by atoms with Gasteiger partial charge in [-0.3, -0.25) is 4.79 Å². The van der Waals surface area contributed by atoms with Gasteiger partial charge in [-0.15, -0.1) is 0 Å². The summed E-state index contributed by atoms with van der Waals surface area (Å²) >= 11 is 3.47. The lowest BCUT2D eigenvalue weighted by Gasteiger charge is -2.27. The van der Waals surface area contributed by atoms with Crippen LogP contribution in [0.4, 0.5) is 0 Å². The maximum Gasteiger partial charge on any atom is 0.306 e. The van der Waals surface area contributed by atoms with Gasteiger partial charge >= 0.3 is 5.97 Å². The molecule has 1 atom stereocenters. The largest absolute Gasteiger partial charge is 0.493 e. The summed E-state index contributed by atoms with van der Waals surface area (Å²) in [6.45, 7) is 1.70. The van der Waals surface area contributed by atoms with E-state index in [0.29, 0.717) is 17.9 Å². The number of halogens is 1. The molecule has 1 saturated carbocycles. The van der Waals surface area contributed by atoms with E-state index in [1.165, 1.54) is 6.42 Å². The molecule has 4 nitrogen and oxygen atoms in total. The van der Waals surface area contributed by atoms with Crippen molar-refractivity contribution in [1.29, 1.82) is 0 Å². The molecule has 0 spiro atoms. The minimum absolute atomic E-state index is 0.259. The van der Waals surface area contributed by atoms with Crippen molar-refractivity contribution in [3.63, 3.8) is 0 Å². The molecule has 1 N–H and O–H groups in total. The first-order valence-corrected chi connectivity index (χ1v) is 7.56. The van der Waals surface area contributed by atoms with Gasteiger partial charge < -0.3 is 14.6 Å². The van der Waals surface area contributed by atoms with Gasteiger partial charge in [-0.2, -0.15) is 0 Å². The lowest BCUT2D eigenvalue weighted by molar-refractivity contribution is -0.141. The van der Waals surface area contributed by atoms with E-state index in [9.17, 15) is 4.79 Å². The van der Waals surface area contributed by atoms with E-state index in [1.54, 1.807) is 14.0 Å². The van der Waals surface area contributed by atoms with Crippen molar-refractivity contribution in [3.05, 3.63) is 22.2 Å². The second-order valence-corrected chi connectivity index (χ2v) is 6.06. The van der Waals surface area contributed by atoms with E-state index >= 15 is 0 Å². The van der Waals surface area contributed by atoms with Crippen molar-refractivity contribution in [2.45, 2.75) is 38.7 Å². The fourth-order valence-electron chi connectivity index (χ4n) is 2.07. The van der Waals surface area contributed by atoms with Gasteiger partial charge in [0.05, 0.1) is 19.1 Å². The van der Waals surface area contributed by atoms with Crippen molar-refractivity contribution in [2.24, 2.45) is 5.92 Å². The molecule has 0 saturated heterocycles. The number of aliphatic carboxylic acids is 1. The number of hydrogen-bond acceptors (Lipinski definition) is 3. The summed E-state index contributed by atoms with van der Waals surface area (Å²) in [5.74, 6) is 0.147. The summed E-state index contributed by atoms with van der Waals surface area (Å²) in [7, 11) is 1.61. The molecule has 0 radical (unpaired) electrons. The molecule has 0 aromatic heterocycles. The number of carbonyl (C=O) groups is 1. The van der Waals surface area contributed by atoms with E-state index in [0.717, 1.165) is 22.9 Å². The predicted octanol–water partition coefficient (Wildman–Crippen LogP) is 3.65. The van der Waals surface area contributed by atoms with Crippen molar-refractivity contribution in [3.8, 4) is 11.5 Å². The maximum absolute atomic E-state index is 11.0. The Labute approximate surface area is 127 Å². The molecule has 0 amide bonds. The third-order valence-corrected chi connectivity index (χ3v) is 4.36. The Morgan fingerprint density at radius 2 is 2.15 bits per heavy atom. The first-order chi connectivity index (χ1) is 9.51. The predicted molar refractivity (Wildman–Crippen MR) is 79.5 cm³/mol. The molecular formula is C15H19BrO4. The zero-order valence-corrected chi connectivity index (χ0v) is 13.3. The maximum atomic E-state index is 11.0. The number of hydrogen-bond donors (Lipinski definition) is 1. The minimum atomic E-state index is -0.797. The lowest BCUT2D eigenvalue weighted by atomic mass is 9.96. The Kier molecular flexibility index (Phi) is 4.91. The number of carboxylic acids is 1. The topological polar surface area (TPSA) is 55.8 Å². The van der Waals surface area contributed by atoms with Crippen LogP contribution in [-0.4, -0.2) is 24.3 Å². The van der Waals surface area contributed by atoms with Crippen LogP contribution in [0, 0.1) is 5.92 Å². The van der Waals surface area contributed by atoms with Crippen LogP contribution in [0.3, 0.4) is 0 Å². The van der Waals surface area contributed by atoms with Crippen LogP contribution in [0.1, 0.15) is 31.7 Å². The van der Waals surface area contributed by atoms with Gasteiger partial charge in [0.1, 0.15) is 0 Å². The van der Waals surface area contributed by atoms with Gasteiger partial charge in [-0.25, -0.2) is 0 Å². The highest BCUT2D eigenvalue weighted by Crippen LogP contribution is 2.37. The molecule has 5 heteroatoms. The van der Waals surface area contributed by atoms with Crippen LogP contribution in [-0.2, 0) is 11.2 Å². The number of benzene rings is 1. The van der Waals surface area contributed by atoms with Gasteiger partial charge in [0.15, 0.2) is 11.5 Å². The van der Waals surface area contributed by atoms with E-state index in [4.69, 9.17) is 14.6 Å². The molecule has 1 aromatic rings. The molecule has 110 valence electrons. The number of methoxy groups -OCH3 is 1. The summed E-state index contributed by atoms with van der Waals surface area (Å²) in [6.07, 6.45) is 4.06. The van der Waals surface area contributed by atoms with Crippen LogP contribution < -0.4 is 9.47 Å². The lowest BCUT2D eigenvalue weighted by Crippen LogP contribution is -2.24. The second kappa shape index (κ2) is 6.48. The molecule has 1 unspecified atom stereocenters. The smallest absolute Gasteiger partial charge is 0.306 e. The molecule has 0 aliphatic heterocycles. The van der Waals surface area contributed by atoms with Crippen LogP contribution in [0.2, 0.25) is 0 Å². The molecule has 1 aliphatic carbocycles. The minimum Gasteiger partial charge on any atom is -0.493 e. The Morgan fingerprint density at radius 1 is 1.45 bits per heavy atom. The Hall–Kier alpha value is -1.23. The van der Waals surface area contributed by atoms with Crippen molar-refractivity contribution < 1.29 is 19.4 Å². The molecule has 1 fully saturated rings. The van der Waals surface area contributed by atoms with Gasteiger partial charge in [-0.05, 0) is 43.4 Å². The van der Waals surface area contributed by atoms with Gasteiger partial charge in [0, 0.05) is 4.47 Å². The highest BCUT2D eigenvalue weighted by Gasteiger charge is 2.22. The van der Waals surface area contributed by atoms with Crippen LogP contribution in [0.25, 0.3) is 0 Å². The van der Waals surface area contributed by atoms with Crippen molar-refractivity contribution in [2.75, 3.05) is 7.11 Å². The zero-order valence-electron chi connectivity index (χ0n) is 11.7. The van der Waals surface area contributed by atoms with Gasteiger partial charge in [-0.1, -0.05) is 22.9 Å². The molecule has 20 heavy (non-hydrogen) atoms. The molecular weight excluding hydrogens is 324 g/mol. The van der Waals surface area contributed by atoms with Crippen molar-refractivity contribution in [1.82, 2.24) is 0 Å². The fourth-order valence-corrected chi connectivity index (χ4v) is 2.55. The second-order valence-electron chi connectivity index (χ2n) is 5.21. The summed E-state index contributed by atoms with van der Waals surface area (Å²) in [5, 5.41) is 9.03. The van der Waals surface area contributed by atoms with E-state index in [1.807, 2.05) is 12.1 Å². The Bertz CT molecular complexity index is 497. The summed E-state index contributed by atoms with van der Waals surface area (Å²) in [6, 6.07) is 3.73. The highest BCUT2D eigenvalue weighted by molar-refractivity contribution is 9.10. The van der Waals surface area contributed by atoms with Crippen LogP contribution >= 0.6 is 15.9 Å². The molecule has 1 aromatic carbocycles. The summed E-state index contributed by atoms with van der Waals surface area (Å²) in [4.78, 5) is 11.0. The molecule has 0 heterocycles. The first-order valence-electron chi connectivity index (χ1n) is 6.77. The SMILES string of the molecule is COc1cc(Br)c(CC(C)C(=O)O)cc1OC1CCC1. The molecule has 2 rings (SSSR count). The molecule has 0 bridgehead atoms. The monoisotopic (exact) mass is 342 g/mol. The van der Waals surface area contributed by atoms with Gasteiger partial charge in [0.25, 0.3) is 0 Å². The zero-order chi connectivity index (χ0) is 14.7. The third-order valence-electron chi connectivity index (χ3n) is 3.63. The number of ether oxygens (including phenoxy) is 2. The first kappa shape index (κ1) is 15.2. The fraction of sp³-hybridized carbons (Fsp3) is 0.533. The summed E-state index contributed by atoms with van der Waals surface area (Å²) < 4.78 is 12.1. The molecule has 1 aliphatic rings. The highest BCUT2D eigenvalue weighted by atomic mass is 79.9. The average molecular weight is 343 g/mol. The van der Waals surface area contributed by atoms with E-state index in [-0.39, 0.29) is 6.10 Å². The number of rotatable bonds is 6. The summed E-state index contributed by atoms with van der Waals surface area (Å²) in [5.41, 5.74) is 0.926. The number of carboxylic acid groups (broad SMARTS) is 1. The quantitative estimate of drug-likeness (QED) is 0.857. The van der Waals surface area contributed by atoms with Crippen LogP contribution in [0.15, 0.2) is 16.6 Å². The van der Waals surface area contributed by atoms with Crippen LogP contribution in [0.5, 0.6) is 11.5 Å². The Morgan fingerprint density at radius 3 is 2.65 bits per heavy atom. The van der Waals surface area contributed by atoms with E-state index in [2.05, 4.69) is 15.9 Å². The average Bonchev–Trinajstić information content (AvgIpc) is 2.36. The van der Waals surface area contributed by atoms with E-state index < -0.39 is 11.9 Å².